The molecule has 1 aliphatic carbocycles. The van der Waals surface area contributed by atoms with Gasteiger partial charge in [0, 0.05) is 12.5 Å². The Morgan fingerprint density at radius 1 is 1.25 bits per heavy atom. The van der Waals surface area contributed by atoms with Crippen molar-refractivity contribution in [2.24, 2.45) is 11.7 Å². The molecule has 1 heterocycles. The fourth-order valence-corrected chi connectivity index (χ4v) is 3.08. The van der Waals surface area contributed by atoms with Crippen LogP contribution in [0.2, 0.25) is 0 Å². The molecular formula is C14H19NO. The van der Waals surface area contributed by atoms with Crippen molar-refractivity contribution in [1.82, 2.24) is 0 Å². The van der Waals surface area contributed by atoms with Crippen molar-refractivity contribution < 1.29 is 4.74 Å². The second-order valence-electron chi connectivity index (χ2n) is 5.14. The lowest BCUT2D eigenvalue weighted by atomic mass is 9.95. The first-order chi connectivity index (χ1) is 7.83. The van der Waals surface area contributed by atoms with Gasteiger partial charge in [0.1, 0.15) is 11.9 Å². The molecule has 2 aliphatic rings. The number of para-hydroxylation sites is 1. The van der Waals surface area contributed by atoms with Gasteiger partial charge in [-0.05, 0) is 36.8 Å². The summed E-state index contributed by atoms with van der Waals surface area (Å²) in [7, 11) is 0. The highest BCUT2D eigenvalue weighted by molar-refractivity contribution is 5.37. The molecular weight excluding hydrogens is 198 g/mol. The zero-order chi connectivity index (χ0) is 11.0. The first-order valence-electron chi connectivity index (χ1n) is 6.33. The van der Waals surface area contributed by atoms with Crippen LogP contribution in [0.15, 0.2) is 24.3 Å². The second-order valence-corrected chi connectivity index (χ2v) is 5.14. The van der Waals surface area contributed by atoms with Crippen molar-refractivity contribution in [2.45, 2.75) is 44.2 Å². The Bertz CT molecular complexity index is 352. The van der Waals surface area contributed by atoms with E-state index in [2.05, 4.69) is 18.2 Å². The van der Waals surface area contributed by atoms with Crippen molar-refractivity contribution in [3.63, 3.8) is 0 Å². The highest BCUT2D eigenvalue weighted by atomic mass is 16.5. The Labute approximate surface area is 96.8 Å². The minimum Gasteiger partial charge on any atom is -0.490 e. The Hall–Kier alpha value is -1.02. The zero-order valence-corrected chi connectivity index (χ0v) is 9.56. The molecule has 3 atom stereocenters. The predicted molar refractivity (Wildman–Crippen MR) is 64.5 cm³/mol. The molecule has 2 nitrogen and oxygen atoms in total. The van der Waals surface area contributed by atoms with Crippen LogP contribution < -0.4 is 10.5 Å². The average molecular weight is 217 g/mol. The number of fused-ring (bicyclic) bond motifs is 1. The lowest BCUT2D eigenvalue weighted by Crippen LogP contribution is -2.29. The fourth-order valence-electron chi connectivity index (χ4n) is 3.08. The monoisotopic (exact) mass is 217 g/mol. The van der Waals surface area contributed by atoms with E-state index < -0.39 is 0 Å². The lowest BCUT2D eigenvalue weighted by Gasteiger charge is -2.19. The maximum absolute atomic E-state index is 6.11. The van der Waals surface area contributed by atoms with Gasteiger partial charge >= 0.3 is 0 Å². The number of hydrogen-bond acceptors (Lipinski definition) is 2. The number of rotatable bonds is 2. The van der Waals surface area contributed by atoms with Crippen molar-refractivity contribution in [1.29, 1.82) is 0 Å². The molecule has 0 saturated heterocycles. The molecule has 3 rings (SSSR count). The Balaban J connectivity index is 1.63. The average Bonchev–Trinajstić information content (AvgIpc) is 2.85. The molecule has 2 heteroatoms. The van der Waals surface area contributed by atoms with Crippen molar-refractivity contribution in [3.8, 4) is 5.75 Å². The summed E-state index contributed by atoms with van der Waals surface area (Å²) in [6.07, 6.45) is 6.36. The van der Waals surface area contributed by atoms with Crippen LogP contribution >= 0.6 is 0 Å². The molecule has 1 fully saturated rings. The molecule has 16 heavy (non-hydrogen) atoms. The van der Waals surface area contributed by atoms with E-state index in [0.717, 1.165) is 18.6 Å². The van der Waals surface area contributed by atoms with Gasteiger partial charge in [0.15, 0.2) is 0 Å². The SMILES string of the molecule is NC1CCCC1CC1Cc2ccccc2O1. The van der Waals surface area contributed by atoms with Gasteiger partial charge in [-0.15, -0.1) is 0 Å². The summed E-state index contributed by atoms with van der Waals surface area (Å²) in [6, 6.07) is 8.79. The second kappa shape index (κ2) is 4.10. The molecule has 0 spiro atoms. The van der Waals surface area contributed by atoms with Gasteiger partial charge in [0.25, 0.3) is 0 Å². The molecule has 0 bridgehead atoms. The maximum atomic E-state index is 6.11. The van der Waals surface area contributed by atoms with Crippen LogP contribution in [0.5, 0.6) is 5.75 Å². The van der Waals surface area contributed by atoms with Crippen LogP contribution in [0.4, 0.5) is 0 Å². The van der Waals surface area contributed by atoms with Gasteiger partial charge in [-0.3, -0.25) is 0 Å². The van der Waals surface area contributed by atoms with E-state index in [1.54, 1.807) is 0 Å². The maximum Gasteiger partial charge on any atom is 0.123 e. The third-order valence-electron chi connectivity index (χ3n) is 4.00. The summed E-state index contributed by atoms with van der Waals surface area (Å²) in [5, 5.41) is 0. The molecule has 0 aromatic heterocycles. The van der Waals surface area contributed by atoms with Gasteiger partial charge < -0.3 is 10.5 Å². The van der Waals surface area contributed by atoms with E-state index >= 15 is 0 Å². The van der Waals surface area contributed by atoms with Crippen LogP contribution in [-0.2, 0) is 6.42 Å². The van der Waals surface area contributed by atoms with E-state index in [4.69, 9.17) is 10.5 Å². The summed E-state index contributed by atoms with van der Waals surface area (Å²) in [4.78, 5) is 0. The largest absolute Gasteiger partial charge is 0.490 e. The first-order valence-corrected chi connectivity index (χ1v) is 6.33. The smallest absolute Gasteiger partial charge is 0.123 e. The first kappa shape index (κ1) is 10.2. The van der Waals surface area contributed by atoms with E-state index in [-0.39, 0.29) is 0 Å². The van der Waals surface area contributed by atoms with Gasteiger partial charge in [0.2, 0.25) is 0 Å². The number of nitrogens with two attached hydrogens (primary N) is 1. The van der Waals surface area contributed by atoms with E-state index in [0.29, 0.717) is 18.1 Å². The van der Waals surface area contributed by atoms with Crippen molar-refractivity contribution in [2.75, 3.05) is 0 Å². The summed E-state index contributed by atoms with van der Waals surface area (Å²) >= 11 is 0. The normalized spacial score (nSPS) is 32.4. The lowest BCUT2D eigenvalue weighted by molar-refractivity contribution is 0.189. The molecule has 0 amide bonds. The molecule has 1 saturated carbocycles. The minimum atomic E-state index is 0.367. The topological polar surface area (TPSA) is 35.2 Å². The van der Waals surface area contributed by atoms with E-state index in [1.165, 1.54) is 24.8 Å². The van der Waals surface area contributed by atoms with Crippen molar-refractivity contribution >= 4 is 0 Å². The zero-order valence-electron chi connectivity index (χ0n) is 9.56. The van der Waals surface area contributed by atoms with Crippen LogP contribution in [0.1, 0.15) is 31.2 Å². The quantitative estimate of drug-likeness (QED) is 0.826. The van der Waals surface area contributed by atoms with Crippen LogP contribution in [0.3, 0.4) is 0 Å². The summed E-state index contributed by atoms with van der Waals surface area (Å²) < 4.78 is 5.96. The van der Waals surface area contributed by atoms with Gasteiger partial charge in [-0.1, -0.05) is 24.6 Å². The molecule has 3 unspecified atom stereocenters. The third-order valence-corrected chi connectivity index (χ3v) is 4.00. The molecule has 1 aliphatic heterocycles. The molecule has 1 aromatic rings. The summed E-state index contributed by atoms with van der Waals surface area (Å²) in [5.41, 5.74) is 7.47. The Kier molecular flexibility index (Phi) is 2.60. The van der Waals surface area contributed by atoms with Gasteiger partial charge in [-0.25, -0.2) is 0 Å². The van der Waals surface area contributed by atoms with Crippen LogP contribution in [0.25, 0.3) is 0 Å². The predicted octanol–water partition coefficient (Wildman–Crippen LogP) is 2.51. The molecule has 0 radical (unpaired) electrons. The summed E-state index contributed by atoms with van der Waals surface area (Å²) in [6.45, 7) is 0. The van der Waals surface area contributed by atoms with Crippen LogP contribution in [-0.4, -0.2) is 12.1 Å². The summed E-state index contributed by atoms with van der Waals surface area (Å²) in [5.74, 6) is 1.76. The Morgan fingerprint density at radius 2 is 2.12 bits per heavy atom. The number of benzene rings is 1. The highest BCUT2D eigenvalue weighted by Gasteiger charge is 2.30. The molecule has 1 aromatic carbocycles. The van der Waals surface area contributed by atoms with Gasteiger partial charge in [0.05, 0.1) is 0 Å². The van der Waals surface area contributed by atoms with Crippen LogP contribution in [0, 0.1) is 5.92 Å². The highest BCUT2D eigenvalue weighted by Crippen LogP contribution is 2.34. The fraction of sp³-hybridized carbons (Fsp3) is 0.571. The van der Waals surface area contributed by atoms with E-state index in [9.17, 15) is 0 Å². The van der Waals surface area contributed by atoms with Gasteiger partial charge in [-0.2, -0.15) is 0 Å². The minimum absolute atomic E-state index is 0.367. The van der Waals surface area contributed by atoms with Crippen molar-refractivity contribution in [3.05, 3.63) is 29.8 Å². The number of hydrogen-bond donors (Lipinski definition) is 1. The molecule has 86 valence electrons. The standard InChI is InChI=1S/C14H19NO/c15-13-6-3-5-10(13)8-12-9-11-4-1-2-7-14(11)16-12/h1-2,4,7,10,12-13H,3,5-6,8-9,15H2. The number of ether oxygens (including phenoxy) is 1. The third kappa shape index (κ3) is 1.82. The van der Waals surface area contributed by atoms with E-state index in [1.807, 2.05) is 6.07 Å². The Morgan fingerprint density at radius 3 is 2.88 bits per heavy atom. The molecule has 2 N–H and O–H groups in total.